The Kier molecular flexibility index (Phi) is 4.66. The normalized spacial score (nSPS) is 15.9. The Bertz CT molecular complexity index is 428. The first-order valence-electron chi connectivity index (χ1n) is 6.89. The molecule has 1 fully saturated rings. The fourth-order valence-corrected chi connectivity index (χ4v) is 2.45. The van der Waals surface area contributed by atoms with Gasteiger partial charge in [0.05, 0.1) is 7.11 Å². The van der Waals surface area contributed by atoms with Gasteiger partial charge in [-0.15, -0.1) is 0 Å². The molecular weight excluding hydrogens is 240 g/mol. The predicted molar refractivity (Wildman–Crippen MR) is 76.8 cm³/mol. The molecule has 0 spiro atoms. The molecule has 1 aromatic carbocycles. The Hall–Kier alpha value is -1.71. The van der Waals surface area contributed by atoms with Crippen LogP contribution in [0.1, 0.15) is 32.1 Å². The first-order chi connectivity index (χ1) is 9.20. The van der Waals surface area contributed by atoms with Crippen LogP contribution in [0.4, 0.5) is 10.5 Å². The van der Waals surface area contributed by atoms with Crippen LogP contribution in [-0.4, -0.2) is 26.2 Å². The molecule has 19 heavy (non-hydrogen) atoms. The summed E-state index contributed by atoms with van der Waals surface area (Å²) in [6.07, 6.45) is 5.91. The molecule has 1 N–H and O–H groups in total. The largest absolute Gasteiger partial charge is 0.497 e. The summed E-state index contributed by atoms with van der Waals surface area (Å²) >= 11 is 0. The van der Waals surface area contributed by atoms with Gasteiger partial charge in [0.2, 0.25) is 0 Å². The topological polar surface area (TPSA) is 41.6 Å². The van der Waals surface area contributed by atoms with Crippen molar-refractivity contribution in [2.24, 2.45) is 0 Å². The van der Waals surface area contributed by atoms with E-state index in [4.69, 9.17) is 4.74 Å². The molecule has 0 aliphatic heterocycles. The smallest absolute Gasteiger partial charge is 0.321 e. The Morgan fingerprint density at radius 1 is 1.32 bits per heavy atom. The second-order valence-corrected chi connectivity index (χ2v) is 5.04. The minimum absolute atomic E-state index is 0.0415. The molecule has 1 aromatic rings. The van der Waals surface area contributed by atoms with Crippen molar-refractivity contribution in [1.82, 2.24) is 5.32 Å². The summed E-state index contributed by atoms with van der Waals surface area (Å²) in [5.74, 6) is 0.759. The number of anilines is 1. The van der Waals surface area contributed by atoms with Gasteiger partial charge in [0.1, 0.15) is 5.75 Å². The molecule has 4 nitrogen and oxygen atoms in total. The lowest BCUT2D eigenvalue weighted by atomic mass is 9.96. The third-order valence-corrected chi connectivity index (χ3v) is 3.68. The highest BCUT2D eigenvalue weighted by Gasteiger charge is 2.18. The van der Waals surface area contributed by atoms with Gasteiger partial charge in [-0.1, -0.05) is 25.3 Å². The number of carbonyl (C=O) groups is 1. The van der Waals surface area contributed by atoms with Crippen molar-refractivity contribution >= 4 is 11.7 Å². The van der Waals surface area contributed by atoms with Crippen molar-refractivity contribution in [3.05, 3.63) is 24.3 Å². The van der Waals surface area contributed by atoms with Crippen LogP contribution < -0.4 is 15.0 Å². The third-order valence-electron chi connectivity index (χ3n) is 3.68. The first kappa shape index (κ1) is 13.7. The van der Waals surface area contributed by atoms with Gasteiger partial charge < -0.3 is 10.1 Å². The van der Waals surface area contributed by atoms with E-state index in [0.717, 1.165) is 24.3 Å². The van der Waals surface area contributed by atoms with Crippen molar-refractivity contribution in [3.8, 4) is 5.75 Å². The molecule has 2 rings (SSSR count). The van der Waals surface area contributed by atoms with Gasteiger partial charge in [-0.2, -0.15) is 0 Å². The summed E-state index contributed by atoms with van der Waals surface area (Å²) in [5.41, 5.74) is 0.840. The van der Waals surface area contributed by atoms with E-state index in [1.165, 1.54) is 19.3 Å². The SMILES string of the molecule is COc1cccc(N(C)C(=O)NC2CCCCC2)c1. The molecule has 104 valence electrons. The molecular formula is C15H22N2O2. The molecule has 0 bridgehead atoms. The van der Waals surface area contributed by atoms with Crippen LogP contribution in [0.2, 0.25) is 0 Å². The Balaban J connectivity index is 1.97. The summed E-state index contributed by atoms with van der Waals surface area (Å²) in [6.45, 7) is 0. The molecule has 1 aliphatic rings. The number of hydrogen-bond acceptors (Lipinski definition) is 2. The molecule has 1 aliphatic carbocycles. The van der Waals surface area contributed by atoms with E-state index in [1.807, 2.05) is 24.3 Å². The number of urea groups is 1. The van der Waals surface area contributed by atoms with Crippen LogP contribution in [0.3, 0.4) is 0 Å². The Labute approximate surface area is 114 Å². The molecule has 0 atom stereocenters. The summed E-state index contributed by atoms with van der Waals surface area (Å²) in [6, 6.07) is 7.81. The van der Waals surface area contributed by atoms with Crippen molar-refractivity contribution in [2.45, 2.75) is 38.1 Å². The van der Waals surface area contributed by atoms with Gasteiger partial charge in [-0.25, -0.2) is 4.79 Å². The van der Waals surface area contributed by atoms with Crippen molar-refractivity contribution in [2.75, 3.05) is 19.1 Å². The highest BCUT2D eigenvalue weighted by molar-refractivity contribution is 5.91. The number of benzene rings is 1. The highest BCUT2D eigenvalue weighted by Crippen LogP contribution is 2.21. The molecule has 0 radical (unpaired) electrons. The molecule has 0 saturated heterocycles. The van der Waals surface area contributed by atoms with Crippen LogP contribution in [0.5, 0.6) is 5.75 Å². The van der Waals surface area contributed by atoms with Crippen molar-refractivity contribution < 1.29 is 9.53 Å². The van der Waals surface area contributed by atoms with E-state index in [0.29, 0.717) is 6.04 Å². The summed E-state index contributed by atoms with van der Waals surface area (Å²) in [7, 11) is 3.41. The number of carbonyl (C=O) groups excluding carboxylic acids is 1. The molecule has 0 heterocycles. The number of ether oxygens (including phenoxy) is 1. The van der Waals surface area contributed by atoms with Crippen LogP contribution >= 0.6 is 0 Å². The zero-order valence-corrected chi connectivity index (χ0v) is 11.7. The maximum absolute atomic E-state index is 12.2. The highest BCUT2D eigenvalue weighted by atomic mass is 16.5. The van der Waals surface area contributed by atoms with Crippen LogP contribution in [0.25, 0.3) is 0 Å². The fraction of sp³-hybridized carbons (Fsp3) is 0.533. The quantitative estimate of drug-likeness (QED) is 0.909. The van der Waals surface area contributed by atoms with Gasteiger partial charge >= 0.3 is 6.03 Å². The lowest BCUT2D eigenvalue weighted by molar-refractivity contribution is 0.239. The van der Waals surface area contributed by atoms with E-state index in [1.54, 1.807) is 19.1 Å². The monoisotopic (exact) mass is 262 g/mol. The Morgan fingerprint density at radius 2 is 2.05 bits per heavy atom. The average molecular weight is 262 g/mol. The van der Waals surface area contributed by atoms with Crippen LogP contribution in [0.15, 0.2) is 24.3 Å². The van der Waals surface area contributed by atoms with Gasteiger partial charge in [-0.05, 0) is 25.0 Å². The standard InChI is InChI=1S/C15H22N2O2/c1-17(13-9-6-10-14(11-13)19-2)15(18)16-12-7-4-3-5-8-12/h6,9-12H,3-5,7-8H2,1-2H3,(H,16,18). The number of amides is 2. The van der Waals surface area contributed by atoms with E-state index >= 15 is 0 Å². The number of rotatable bonds is 3. The molecule has 4 heteroatoms. The number of methoxy groups -OCH3 is 1. The lowest BCUT2D eigenvalue weighted by Crippen LogP contribution is -2.43. The van der Waals surface area contributed by atoms with Gasteiger partial charge in [0.25, 0.3) is 0 Å². The first-order valence-corrected chi connectivity index (χ1v) is 6.89. The fourth-order valence-electron chi connectivity index (χ4n) is 2.45. The maximum Gasteiger partial charge on any atom is 0.321 e. The molecule has 2 amide bonds. The van der Waals surface area contributed by atoms with E-state index < -0.39 is 0 Å². The zero-order chi connectivity index (χ0) is 13.7. The van der Waals surface area contributed by atoms with Gasteiger partial charge in [0, 0.05) is 24.8 Å². The van der Waals surface area contributed by atoms with Crippen molar-refractivity contribution in [3.63, 3.8) is 0 Å². The molecule has 0 aromatic heterocycles. The molecule has 0 unspecified atom stereocenters. The minimum Gasteiger partial charge on any atom is -0.497 e. The number of nitrogens with one attached hydrogen (secondary N) is 1. The second-order valence-electron chi connectivity index (χ2n) is 5.04. The van der Waals surface area contributed by atoms with E-state index in [-0.39, 0.29) is 6.03 Å². The number of hydrogen-bond donors (Lipinski definition) is 1. The van der Waals surface area contributed by atoms with E-state index in [9.17, 15) is 4.79 Å². The zero-order valence-electron chi connectivity index (χ0n) is 11.7. The third kappa shape index (κ3) is 3.63. The van der Waals surface area contributed by atoms with E-state index in [2.05, 4.69) is 5.32 Å². The summed E-state index contributed by atoms with van der Waals surface area (Å²) in [5, 5.41) is 3.10. The predicted octanol–water partition coefficient (Wildman–Crippen LogP) is 3.17. The van der Waals surface area contributed by atoms with Crippen LogP contribution in [-0.2, 0) is 0 Å². The second kappa shape index (κ2) is 6.45. The lowest BCUT2D eigenvalue weighted by Gasteiger charge is -2.26. The molecule has 1 saturated carbocycles. The van der Waals surface area contributed by atoms with Gasteiger partial charge in [0.15, 0.2) is 0 Å². The maximum atomic E-state index is 12.2. The summed E-state index contributed by atoms with van der Waals surface area (Å²) < 4.78 is 5.18. The Morgan fingerprint density at radius 3 is 2.74 bits per heavy atom. The van der Waals surface area contributed by atoms with Crippen LogP contribution in [0, 0.1) is 0 Å². The average Bonchev–Trinajstić information content (AvgIpc) is 2.47. The van der Waals surface area contributed by atoms with Crippen molar-refractivity contribution in [1.29, 1.82) is 0 Å². The van der Waals surface area contributed by atoms with Gasteiger partial charge in [-0.3, -0.25) is 4.90 Å². The minimum atomic E-state index is -0.0415. The summed E-state index contributed by atoms with van der Waals surface area (Å²) in [4.78, 5) is 13.8. The number of nitrogens with zero attached hydrogens (tertiary/aromatic N) is 1.